The van der Waals surface area contributed by atoms with Crippen LogP contribution >= 0.6 is 0 Å². The number of fused-ring (bicyclic) bond motifs is 3. The molecule has 1 heterocycles. The molecule has 3 atom stereocenters. The highest BCUT2D eigenvalue weighted by atomic mass is 15.1. The Labute approximate surface area is 120 Å². The molecule has 0 spiro atoms. The van der Waals surface area contributed by atoms with Gasteiger partial charge in [-0.05, 0) is 55.7 Å². The molecule has 3 heteroatoms. The first-order valence-corrected chi connectivity index (χ1v) is 7.99. The highest BCUT2D eigenvalue weighted by Gasteiger charge is 2.39. The molecule has 0 aliphatic heterocycles. The van der Waals surface area contributed by atoms with Crippen molar-refractivity contribution < 1.29 is 0 Å². The molecule has 0 saturated heterocycles. The minimum absolute atomic E-state index is 0.681. The van der Waals surface area contributed by atoms with Crippen molar-refractivity contribution in [1.29, 1.82) is 0 Å². The molecular formula is C17H23N3. The third-order valence-electron chi connectivity index (χ3n) is 5.40. The topological polar surface area (TPSA) is 43.8 Å². The fourth-order valence-corrected chi connectivity index (χ4v) is 4.48. The first-order chi connectivity index (χ1) is 9.85. The number of hydrogen-bond acceptors (Lipinski definition) is 2. The van der Waals surface area contributed by atoms with Crippen LogP contribution < -0.4 is 5.73 Å². The maximum absolute atomic E-state index is 5.77. The predicted octanol–water partition coefficient (Wildman–Crippen LogP) is 2.97. The van der Waals surface area contributed by atoms with Crippen molar-refractivity contribution in [2.24, 2.45) is 23.5 Å². The van der Waals surface area contributed by atoms with E-state index in [-0.39, 0.29) is 0 Å². The van der Waals surface area contributed by atoms with Crippen LogP contribution in [0.25, 0.3) is 11.0 Å². The Morgan fingerprint density at radius 1 is 1.20 bits per heavy atom. The molecule has 0 amide bonds. The second-order valence-electron chi connectivity index (χ2n) is 6.60. The van der Waals surface area contributed by atoms with Gasteiger partial charge in [0.25, 0.3) is 0 Å². The van der Waals surface area contributed by atoms with Gasteiger partial charge in [0.2, 0.25) is 0 Å². The lowest BCUT2D eigenvalue weighted by atomic mass is 9.88. The van der Waals surface area contributed by atoms with Gasteiger partial charge in [0.05, 0.1) is 11.0 Å². The van der Waals surface area contributed by atoms with E-state index in [2.05, 4.69) is 28.8 Å². The van der Waals surface area contributed by atoms with Gasteiger partial charge in [0.1, 0.15) is 5.82 Å². The van der Waals surface area contributed by atoms with Gasteiger partial charge < -0.3 is 10.3 Å². The van der Waals surface area contributed by atoms with Gasteiger partial charge in [-0.2, -0.15) is 0 Å². The van der Waals surface area contributed by atoms with Gasteiger partial charge in [-0.3, -0.25) is 0 Å². The molecule has 2 N–H and O–H groups in total. The molecule has 20 heavy (non-hydrogen) atoms. The summed E-state index contributed by atoms with van der Waals surface area (Å²) >= 11 is 0. The number of nitrogens with two attached hydrogens (primary N) is 1. The molecule has 2 bridgehead atoms. The van der Waals surface area contributed by atoms with E-state index in [1.54, 1.807) is 0 Å². The minimum atomic E-state index is 0.681. The van der Waals surface area contributed by atoms with Crippen LogP contribution in [0.5, 0.6) is 0 Å². The maximum Gasteiger partial charge on any atom is 0.111 e. The van der Waals surface area contributed by atoms with Crippen molar-refractivity contribution in [1.82, 2.24) is 9.55 Å². The molecule has 2 fully saturated rings. The van der Waals surface area contributed by atoms with Crippen molar-refractivity contribution in [2.45, 2.75) is 38.6 Å². The number of imidazole rings is 1. The van der Waals surface area contributed by atoms with Gasteiger partial charge >= 0.3 is 0 Å². The fraction of sp³-hybridized carbons (Fsp3) is 0.588. The summed E-state index contributed by atoms with van der Waals surface area (Å²) in [6, 6.07) is 8.51. The average molecular weight is 269 g/mol. The monoisotopic (exact) mass is 269 g/mol. The van der Waals surface area contributed by atoms with Crippen LogP contribution in [0.4, 0.5) is 0 Å². The molecular weight excluding hydrogens is 246 g/mol. The standard InChI is InChI=1S/C17H23N3/c18-8-7-17-19-15-3-1-2-4-16(15)20(17)11-14-10-12-5-6-13(14)9-12/h1-4,12-14H,5-11,18H2. The van der Waals surface area contributed by atoms with Crippen LogP contribution in [0.3, 0.4) is 0 Å². The second-order valence-corrected chi connectivity index (χ2v) is 6.60. The van der Waals surface area contributed by atoms with Gasteiger partial charge in [-0.25, -0.2) is 4.98 Å². The highest BCUT2D eigenvalue weighted by Crippen LogP contribution is 2.49. The molecule has 0 radical (unpaired) electrons. The maximum atomic E-state index is 5.77. The number of rotatable bonds is 4. The highest BCUT2D eigenvalue weighted by molar-refractivity contribution is 5.75. The second kappa shape index (κ2) is 4.88. The smallest absolute Gasteiger partial charge is 0.111 e. The van der Waals surface area contributed by atoms with Gasteiger partial charge in [-0.15, -0.1) is 0 Å². The summed E-state index contributed by atoms with van der Waals surface area (Å²) in [6.45, 7) is 1.83. The van der Waals surface area contributed by atoms with Crippen LogP contribution in [-0.2, 0) is 13.0 Å². The first kappa shape index (κ1) is 12.4. The summed E-state index contributed by atoms with van der Waals surface area (Å²) in [4.78, 5) is 4.79. The van der Waals surface area contributed by atoms with Crippen molar-refractivity contribution in [3.63, 3.8) is 0 Å². The molecule has 106 valence electrons. The lowest BCUT2D eigenvalue weighted by Crippen LogP contribution is -2.19. The molecule has 2 aliphatic rings. The van der Waals surface area contributed by atoms with E-state index in [0.29, 0.717) is 6.54 Å². The molecule has 3 unspecified atom stereocenters. The lowest BCUT2D eigenvalue weighted by molar-refractivity contribution is 0.295. The molecule has 2 aliphatic carbocycles. The van der Waals surface area contributed by atoms with E-state index in [1.165, 1.54) is 37.0 Å². The van der Waals surface area contributed by atoms with E-state index in [0.717, 1.165) is 36.2 Å². The van der Waals surface area contributed by atoms with Crippen molar-refractivity contribution >= 4 is 11.0 Å². The van der Waals surface area contributed by atoms with Crippen molar-refractivity contribution in [3.8, 4) is 0 Å². The quantitative estimate of drug-likeness (QED) is 0.927. The number of aromatic nitrogens is 2. The van der Waals surface area contributed by atoms with Crippen LogP contribution in [0, 0.1) is 17.8 Å². The molecule has 3 nitrogen and oxygen atoms in total. The van der Waals surface area contributed by atoms with E-state index in [1.807, 2.05) is 0 Å². The lowest BCUT2D eigenvalue weighted by Gasteiger charge is -2.23. The van der Waals surface area contributed by atoms with Crippen LogP contribution in [0.15, 0.2) is 24.3 Å². The molecule has 4 rings (SSSR count). The van der Waals surface area contributed by atoms with E-state index in [9.17, 15) is 0 Å². The van der Waals surface area contributed by atoms with Crippen LogP contribution in [-0.4, -0.2) is 16.1 Å². The fourth-order valence-electron chi connectivity index (χ4n) is 4.48. The number of hydrogen-bond donors (Lipinski definition) is 1. The summed E-state index contributed by atoms with van der Waals surface area (Å²) in [7, 11) is 0. The zero-order valence-electron chi connectivity index (χ0n) is 12.0. The van der Waals surface area contributed by atoms with Crippen LogP contribution in [0.2, 0.25) is 0 Å². The van der Waals surface area contributed by atoms with Crippen molar-refractivity contribution in [3.05, 3.63) is 30.1 Å². The Balaban J connectivity index is 1.68. The third kappa shape index (κ3) is 1.96. The molecule has 2 saturated carbocycles. The number of para-hydroxylation sites is 2. The number of benzene rings is 1. The summed E-state index contributed by atoms with van der Waals surface area (Å²) < 4.78 is 2.45. The largest absolute Gasteiger partial charge is 0.330 e. The normalized spacial score (nSPS) is 28.6. The SMILES string of the molecule is NCCc1nc2ccccc2n1CC1CC2CCC1C2. The van der Waals surface area contributed by atoms with Crippen molar-refractivity contribution in [2.75, 3.05) is 6.54 Å². The predicted molar refractivity (Wildman–Crippen MR) is 81.4 cm³/mol. The third-order valence-corrected chi connectivity index (χ3v) is 5.40. The Morgan fingerprint density at radius 2 is 2.10 bits per heavy atom. The zero-order valence-corrected chi connectivity index (χ0v) is 12.0. The molecule has 1 aromatic carbocycles. The van der Waals surface area contributed by atoms with E-state index in [4.69, 9.17) is 10.7 Å². The van der Waals surface area contributed by atoms with E-state index >= 15 is 0 Å². The summed E-state index contributed by atoms with van der Waals surface area (Å²) in [5, 5.41) is 0. The minimum Gasteiger partial charge on any atom is -0.330 e. The summed E-state index contributed by atoms with van der Waals surface area (Å²) in [5.74, 6) is 4.02. The zero-order chi connectivity index (χ0) is 13.5. The Hall–Kier alpha value is -1.35. The molecule has 2 aromatic rings. The molecule has 1 aromatic heterocycles. The van der Waals surface area contributed by atoms with Gasteiger partial charge in [-0.1, -0.05) is 18.6 Å². The first-order valence-electron chi connectivity index (χ1n) is 7.99. The van der Waals surface area contributed by atoms with E-state index < -0.39 is 0 Å². The summed E-state index contributed by atoms with van der Waals surface area (Å²) in [5.41, 5.74) is 8.18. The average Bonchev–Trinajstić information content (AvgIpc) is 3.15. The Morgan fingerprint density at radius 3 is 2.85 bits per heavy atom. The van der Waals surface area contributed by atoms with Gasteiger partial charge in [0.15, 0.2) is 0 Å². The number of nitrogens with zero attached hydrogens (tertiary/aromatic N) is 2. The Bertz CT molecular complexity index is 616. The summed E-state index contributed by atoms with van der Waals surface area (Å²) in [6.07, 6.45) is 6.72. The van der Waals surface area contributed by atoms with Crippen LogP contribution in [0.1, 0.15) is 31.5 Å². The Kier molecular flexibility index (Phi) is 3.03. The van der Waals surface area contributed by atoms with Gasteiger partial charge in [0, 0.05) is 13.0 Å².